The highest BCUT2D eigenvalue weighted by Gasteiger charge is 2.29. The highest BCUT2D eigenvalue weighted by molar-refractivity contribution is 6.30. The summed E-state index contributed by atoms with van der Waals surface area (Å²) in [5.74, 6) is 1.11. The van der Waals surface area contributed by atoms with Gasteiger partial charge in [0, 0.05) is 29.0 Å². The number of aryl methyl sites for hydroxylation is 1. The van der Waals surface area contributed by atoms with Crippen LogP contribution < -0.4 is 5.56 Å². The summed E-state index contributed by atoms with van der Waals surface area (Å²) in [4.78, 5) is 18.1. The van der Waals surface area contributed by atoms with Crippen LogP contribution in [0.2, 0.25) is 5.02 Å². The molecule has 1 aliphatic rings. The molecule has 154 valence electrons. The second-order valence-electron chi connectivity index (χ2n) is 8.62. The van der Waals surface area contributed by atoms with Gasteiger partial charge in [0.1, 0.15) is 0 Å². The van der Waals surface area contributed by atoms with Crippen LogP contribution in [0.1, 0.15) is 44.8 Å². The van der Waals surface area contributed by atoms with Gasteiger partial charge >= 0.3 is 0 Å². The van der Waals surface area contributed by atoms with E-state index in [1.807, 2.05) is 48.0 Å². The Morgan fingerprint density at radius 2 is 1.87 bits per heavy atom. The first-order valence-corrected chi connectivity index (χ1v) is 11.0. The van der Waals surface area contributed by atoms with E-state index < -0.39 is 0 Å². The van der Waals surface area contributed by atoms with Crippen molar-refractivity contribution in [2.45, 2.75) is 46.1 Å². The van der Waals surface area contributed by atoms with E-state index in [1.165, 1.54) is 12.8 Å². The fraction of sp³-hybridized carbons (Fsp3) is 0.375. The minimum Gasteiger partial charge on any atom is -0.311 e. The quantitative estimate of drug-likeness (QED) is 0.419. The number of pyridine rings is 1. The van der Waals surface area contributed by atoms with Crippen LogP contribution in [-0.2, 0) is 0 Å². The summed E-state index contributed by atoms with van der Waals surface area (Å²) in [5, 5.41) is 6.03. The molecule has 30 heavy (non-hydrogen) atoms. The van der Waals surface area contributed by atoms with Gasteiger partial charge in [-0.25, -0.2) is 9.50 Å². The molecule has 0 aliphatic heterocycles. The molecule has 3 heterocycles. The number of benzene rings is 1. The molecule has 0 unspecified atom stereocenters. The Labute approximate surface area is 180 Å². The maximum Gasteiger partial charge on any atom is 0.261 e. The van der Waals surface area contributed by atoms with Crippen molar-refractivity contribution in [2.75, 3.05) is 0 Å². The Bertz CT molecular complexity index is 1310. The Hall–Kier alpha value is -2.66. The second kappa shape index (κ2) is 7.24. The lowest BCUT2D eigenvalue weighted by Gasteiger charge is -2.35. The zero-order valence-electron chi connectivity index (χ0n) is 17.5. The van der Waals surface area contributed by atoms with Gasteiger partial charge in [-0.3, -0.25) is 4.79 Å². The monoisotopic (exact) mass is 420 g/mol. The van der Waals surface area contributed by atoms with Crippen LogP contribution in [0.15, 0.2) is 47.5 Å². The molecule has 0 bridgehead atoms. The van der Waals surface area contributed by atoms with Gasteiger partial charge < -0.3 is 4.57 Å². The number of hydrogen-bond donors (Lipinski definition) is 0. The minimum atomic E-state index is 0.0223. The summed E-state index contributed by atoms with van der Waals surface area (Å²) < 4.78 is 3.72. The number of rotatable bonds is 2. The van der Waals surface area contributed by atoms with Gasteiger partial charge in [0.25, 0.3) is 5.56 Å². The van der Waals surface area contributed by atoms with Crippen LogP contribution in [-0.4, -0.2) is 19.2 Å². The predicted molar refractivity (Wildman–Crippen MR) is 121 cm³/mol. The largest absolute Gasteiger partial charge is 0.311 e. The van der Waals surface area contributed by atoms with E-state index in [0.29, 0.717) is 22.2 Å². The van der Waals surface area contributed by atoms with Gasteiger partial charge in [-0.15, -0.1) is 0 Å². The third-order valence-electron chi connectivity index (χ3n) is 6.87. The second-order valence-corrected chi connectivity index (χ2v) is 9.06. The summed E-state index contributed by atoms with van der Waals surface area (Å²) in [7, 11) is 0. The first kappa shape index (κ1) is 19.3. The van der Waals surface area contributed by atoms with E-state index in [4.69, 9.17) is 16.7 Å². The SMILES string of the molecule is Cc1nn2c(ncc3c(=O)n([C@@H]4CCC[C@@H](C)[C@@H]4C)ccc32)c1-c1ccc(Cl)cc1. The lowest BCUT2D eigenvalue weighted by atomic mass is 9.78. The molecule has 0 saturated heterocycles. The average molecular weight is 421 g/mol. The number of nitrogens with zero attached hydrogens (tertiary/aromatic N) is 4. The average Bonchev–Trinajstić information content (AvgIpc) is 3.08. The number of fused-ring (bicyclic) bond motifs is 3. The lowest BCUT2D eigenvalue weighted by Crippen LogP contribution is -2.33. The fourth-order valence-corrected chi connectivity index (χ4v) is 5.08. The van der Waals surface area contributed by atoms with Gasteiger partial charge in [-0.2, -0.15) is 5.10 Å². The predicted octanol–water partition coefficient (Wildman–Crippen LogP) is 5.67. The molecule has 6 heteroatoms. The van der Waals surface area contributed by atoms with Crippen LogP contribution in [0.3, 0.4) is 0 Å². The van der Waals surface area contributed by atoms with Crippen LogP contribution >= 0.6 is 11.6 Å². The first-order chi connectivity index (χ1) is 14.5. The van der Waals surface area contributed by atoms with Crippen molar-refractivity contribution in [2.24, 2.45) is 11.8 Å². The Kier molecular flexibility index (Phi) is 4.66. The summed E-state index contributed by atoms with van der Waals surface area (Å²) in [6.45, 7) is 6.53. The summed E-state index contributed by atoms with van der Waals surface area (Å²) >= 11 is 6.05. The van der Waals surface area contributed by atoms with Crippen molar-refractivity contribution in [1.82, 2.24) is 19.2 Å². The third kappa shape index (κ3) is 2.95. The molecular formula is C24H25ClN4O. The third-order valence-corrected chi connectivity index (χ3v) is 7.12. The van der Waals surface area contributed by atoms with Crippen LogP contribution in [0.5, 0.6) is 0 Å². The molecule has 5 rings (SSSR count). The van der Waals surface area contributed by atoms with E-state index in [-0.39, 0.29) is 11.6 Å². The van der Waals surface area contributed by atoms with E-state index in [2.05, 4.69) is 18.8 Å². The van der Waals surface area contributed by atoms with E-state index in [1.54, 1.807) is 10.7 Å². The van der Waals surface area contributed by atoms with Crippen molar-refractivity contribution < 1.29 is 0 Å². The Morgan fingerprint density at radius 3 is 2.63 bits per heavy atom. The number of aromatic nitrogens is 4. The van der Waals surface area contributed by atoms with Crippen molar-refractivity contribution in [1.29, 1.82) is 0 Å². The summed E-state index contributed by atoms with van der Waals surface area (Å²) in [6, 6.07) is 9.93. The molecule has 0 N–H and O–H groups in total. The van der Waals surface area contributed by atoms with Gasteiger partial charge in [0.2, 0.25) is 0 Å². The Morgan fingerprint density at radius 1 is 1.10 bits per heavy atom. The van der Waals surface area contributed by atoms with Gasteiger partial charge in [-0.05, 0) is 48.9 Å². The normalized spacial score (nSPS) is 22.1. The molecule has 0 amide bonds. The molecular weight excluding hydrogens is 396 g/mol. The topological polar surface area (TPSA) is 52.2 Å². The van der Waals surface area contributed by atoms with E-state index in [9.17, 15) is 4.79 Å². The molecule has 3 atom stereocenters. The van der Waals surface area contributed by atoms with Crippen LogP contribution in [0, 0.1) is 18.8 Å². The smallest absolute Gasteiger partial charge is 0.261 e. The zero-order valence-corrected chi connectivity index (χ0v) is 18.2. The van der Waals surface area contributed by atoms with E-state index in [0.717, 1.165) is 34.4 Å². The van der Waals surface area contributed by atoms with Crippen molar-refractivity contribution in [3.63, 3.8) is 0 Å². The Balaban J connectivity index is 1.68. The molecule has 1 aromatic carbocycles. The highest BCUT2D eigenvalue weighted by Crippen LogP contribution is 2.37. The van der Waals surface area contributed by atoms with Crippen molar-refractivity contribution in [3.05, 3.63) is 63.8 Å². The summed E-state index contributed by atoms with van der Waals surface area (Å²) in [5.41, 5.74) is 4.41. The van der Waals surface area contributed by atoms with Gasteiger partial charge in [-0.1, -0.05) is 50.4 Å². The molecule has 1 fully saturated rings. The van der Waals surface area contributed by atoms with Crippen molar-refractivity contribution in [3.8, 4) is 11.1 Å². The standard InChI is InChI=1S/C24H25ClN4O/c1-14-5-4-6-20(15(14)2)28-12-11-21-19(24(28)30)13-26-23-22(16(3)27-29(21)23)17-7-9-18(25)10-8-17/h7-15,20H,4-6H2,1-3H3/t14-,15+,20-/m1/s1. The van der Waals surface area contributed by atoms with Gasteiger partial charge in [0.05, 0.1) is 16.6 Å². The maximum atomic E-state index is 13.4. The van der Waals surface area contributed by atoms with Crippen LogP contribution in [0.4, 0.5) is 0 Å². The first-order valence-electron chi connectivity index (χ1n) is 10.6. The molecule has 4 aromatic rings. The molecule has 3 aromatic heterocycles. The minimum absolute atomic E-state index is 0.0223. The fourth-order valence-electron chi connectivity index (χ4n) is 4.95. The molecule has 0 radical (unpaired) electrons. The molecule has 0 spiro atoms. The summed E-state index contributed by atoms with van der Waals surface area (Å²) in [6.07, 6.45) is 7.11. The van der Waals surface area contributed by atoms with E-state index >= 15 is 0 Å². The maximum absolute atomic E-state index is 13.4. The number of halogens is 1. The van der Waals surface area contributed by atoms with Crippen molar-refractivity contribution >= 4 is 28.2 Å². The molecule has 5 nitrogen and oxygen atoms in total. The highest BCUT2D eigenvalue weighted by atomic mass is 35.5. The lowest BCUT2D eigenvalue weighted by molar-refractivity contribution is 0.183. The van der Waals surface area contributed by atoms with Crippen LogP contribution in [0.25, 0.3) is 27.7 Å². The van der Waals surface area contributed by atoms with Gasteiger partial charge in [0.15, 0.2) is 5.65 Å². The molecule has 1 aliphatic carbocycles. The zero-order chi connectivity index (χ0) is 21.0. The number of hydrogen-bond acceptors (Lipinski definition) is 3. The molecule has 1 saturated carbocycles.